The number of unbranched alkanes of at least 4 members (excludes halogenated alkanes) is 12. The van der Waals surface area contributed by atoms with Gasteiger partial charge in [-0.05, 0) is 6.42 Å². The van der Waals surface area contributed by atoms with Crippen LogP contribution in [0.4, 0.5) is 0 Å². The van der Waals surface area contributed by atoms with E-state index in [1.54, 1.807) is 0 Å². The topological polar surface area (TPSA) is 80.0 Å². The zero-order valence-corrected chi connectivity index (χ0v) is 19.7. The number of ether oxygens (including phenoxy) is 4. The van der Waals surface area contributed by atoms with Gasteiger partial charge in [0.05, 0.1) is 39.6 Å². The Kier molecular flexibility index (Phi) is 25.7. The van der Waals surface area contributed by atoms with Crippen molar-refractivity contribution in [3.8, 4) is 0 Å². The molecule has 0 heterocycles. The molecule has 0 atom stereocenters. The molecule has 0 aromatic heterocycles. The molecular formula is C24H49NO5. The Morgan fingerprint density at radius 2 is 0.967 bits per heavy atom. The molecule has 180 valence electrons. The predicted molar refractivity (Wildman–Crippen MR) is 123 cm³/mol. The van der Waals surface area contributed by atoms with Gasteiger partial charge < -0.3 is 24.7 Å². The van der Waals surface area contributed by atoms with Crippen molar-refractivity contribution in [1.82, 2.24) is 0 Å². The van der Waals surface area contributed by atoms with Crippen LogP contribution in [0.5, 0.6) is 0 Å². The fourth-order valence-corrected chi connectivity index (χ4v) is 3.20. The van der Waals surface area contributed by atoms with Crippen LogP contribution in [0.25, 0.3) is 0 Å². The van der Waals surface area contributed by atoms with Crippen LogP contribution in [-0.2, 0) is 23.7 Å². The lowest BCUT2D eigenvalue weighted by Gasteiger charge is -2.07. The summed E-state index contributed by atoms with van der Waals surface area (Å²) in [7, 11) is 0. The largest absolute Gasteiger partial charge is 0.463 e. The zero-order valence-electron chi connectivity index (χ0n) is 19.7. The van der Waals surface area contributed by atoms with Gasteiger partial charge in [-0.2, -0.15) is 0 Å². The molecule has 0 unspecified atom stereocenters. The molecule has 0 spiro atoms. The third-order valence-electron chi connectivity index (χ3n) is 4.98. The first kappa shape index (κ1) is 29.3. The molecule has 6 nitrogen and oxygen atoms in total. The first-order valence-electron chi connectivity index (χ1n) is 12.4. The molecule has 30 heavy (non-hydrogen) atoms. The zero-order chi connectivity index (χ0) is 22.0. The van der Waals surface area contributed by atoms with E-state index >= 15 is 0 Å². The van der Waals surface area contributed by atoms with E-state index in [4.69, 9.17) is 24.7 Å². The summed E-state index contributed by atoms with van der Waals surface area (Å²) in [5.74, 6) is -0.116. The summed E-state index contributed by atoms with van der Waals surface area (Å²) in [5.41, 5.74) is 5.32. The molecule has 0 saturated carbocycles. The quantitative estimate of drug-likeness (QED) is 0.161. The Labute approximate surface area is 185 Å². The SMILES string of the molecule is CCCCCCCCCCCCCCCC(=O)OCCOCCOCCOCCN. The molecule has 0 saturated heterocycles. The van der Waals surface area contributed by atoms with Crippen molar-refractivity contribution in [2.24, 2.45) is 5.73 Å². The molecule has 2 N–H and O–H groups in total. The van der Waals surface area contributed by atoms with Crippen LogP contribution in [0.2, 0.25) is 0 Å². The molecule has 0 radical (unpaired) electrons. The number of esters is 1. The van der Waals surface area contributed by atoms with E-state index in [1.165, 1.54) is 70.6 Å². The van der Waals surface area contributed by atoms with E-state index in [0.717, 1.165) is 12.8 Å². The number of carbonyl (C=O) groups excluding carboxylic acids is 1. The Bertz CT molecular complexity index is 342. The molecule has 0 aromatic carbocycles. The maximum absolute atomic E-state index is 11.7. The molecule has 0 aliphatic heterocycles. The second kappa shape index (κ2) is 26.3. The molecule has 0 rings (SSSR count). The minimum Gasteiger partial charge on any atom is -0.463 e. The molecule has 0 bridgehead atoms. The summed E-state index contributed by atoms with van der Waals surface area (Å²) in [6, 6.07) is 0. The predicted octanol–water partition coefficient (Wildman–Crippen LogP) is 5.02. The van der Waals surface area contributed by atoms with Gasteiger partial charge in [0.2, 0.25) is 0 Å². The van der Waals surface area contributed by atoms with Crippen molar-refractivity contribution < 1.29 is 23.7 Å². The number of hydrogen-bond donors (Lipinski definition) is 1. The maximum Gasteiger partial charge on any atom is 0.305 e. The summed E-state index contributed by atoms with van der Waals surface area (Å²) in [6.07, 6.45) is 17.5. The normalized spacial score (nSPS) is 11.1. The summed E-state index contributed by atoms with van der Waals surface area (Å²) in [5, 5.41) is 0. The minimum absolute atomic E-state index is 0.116. The summed E-state index contributed by atoms with van der Waals surface area (Å²) in [6.45, 7) is 6.18. The van der Waals surface area contributed by atoms with Crippen LogP contribution in [0.1, 0.15) is 96.8 Å². The first-order chi connectivity index (χ1) is 14.8. The van der Waals surface area contributed by atoms with Crippen molar-refractivity contribution in [3.05, 3.63) is 0 Å². The van der Waals surface area contributed by atoms with E-state index < -0.39 is 0 Å². The van der Waals surface area contributed by atoms with E-state index in [0.29, 0.717) is 59.2 Å². The Morgan fingerprint density at radius 1 is 0.567 bits per heavy atom. The Balaban J connectivity index is 3.13. The second-order valence-electron chi connectivity index (χ2n) is 7.84. The van der Waals surface area contributed by atoms with Crippen LogP contribution in [0.15, 0.2) is 0 Å². The van der Waals surface area contributed by atoms with Crippen LogP contribution in [0, 0.1) is 0 Å². The lowest BCUT2D eigenvalue weighted by atomic mass is 10.0. The van der Waals surface area contributed by atoms with Crippen LogP contribution >= 0.6 is 0 Å². The van der Waals surface area contributed by atoms with E-state index in [9.17, 15) is 4.79 Å². The first-order valence-corrected chi connectivity index (χ1v) is 12.4. The van der Waals surface area contributed by atoms with Crippen molar-refractivity contribution in [3.63, 3.8) is 0 Å². The fourth-order valence-electron chi connectivity index (χ4n) is 3.20. The van der Waals surface area contributed by atoms with Crippen molar-refractivity contribution in [2.75, 3.05) is 52.8 Å². The van der Waals surface area contributed by atoms with Crippen LogP contribution in [0.3, 0.4) is 0 Å². The Morgan fingerprint density at radius 3 is 1.43 bits per heavy atom. The summed E-state index contributed by atoms with van der Waals surface area (Å²) >= 11 is 0. The summed E-state index contributed by atoms with van der Waals surface area (Å²) < 4.78 is 21.1. The lowest BCUT2D eigenvalue weighted by molar-refractivity contribution is -0.145. The average Bonchev–Trinajstić information content (AvgIpc) is 2.75. The second-order valence-corrected chi connectivity index (χ2v) is 7.84. The molecule has 6 heteroatoms. The smallest absolute Gasteiger partial charge is 0.305 e. The van der Waals surface area contributed by atoms with Gasteiger partial charge in [-0.25, -0.2) is 0 Å². The molecule has 0 aliphatic rings. The fraction of sp³-hybridized carbons (Fsp3) is 0.958. The maximum atomic E-state index is 11.7. The summed E-state index contributed by atoms with van der Waals surface area (Å²) in [4.78, 5) is 11.7. The number of carbonyl (C=O) groups is 1. The highest BCUT2D eigenvalue weighted by atomic mass is 16.6. The van der Waals surface area contributed by atoms with E-state index in [-0.39, 0.29) is 5.97 Å². The minimum atomic E-state index is -0.116. The lowest BCUT2D eigenvalue weighted by Crippen LogP contribution is -2.15. The highest BCUT2D eigenvalue weighted by molar-refractivity contribution is 5.69. The van der Waals surface area contributed by atoms with Gasteiger partial charge in [0.1, 0.15) is 6.61 Å². The monoisotopic (exact) mass is 431 g/mol. The average molecular weight is 432 g/mol. The van der Waals surface area contributed by atoms with E-state index in [2.05, 4.69) is 6.92 Å². The van der Waals surface area contributed by atoms with Crippen molar-refractivity contribution in [1.29, 1.82) is 0 Å². The molecular weight excluding hydrogens is 382 g/mol. The van der Waals surface area contributed by atoms with Gasteiger partial charge in [0, 0.05) is 13.0 Å². The van der Waals surface area contributed by atoms with Gasteiger partial charge in [-0.1, -0.05) is 84.0 Å². The highest BCUT2D eigenvalue weighted by Crippen LogP contribution is 2.13. The molecule has 0 aromatic rings. The highest BCUT2D eigenvalue weighted by Gasteiger charge is 2.02. The van der Waals surface area contributed by atoms with Gasteiger partial charge >= 0.3 is 5.97 Å². The van der Waals surface area contributed by atoms with Crippen LogP contribution < -0.4 is 5.73 Å². The van der Waals surface area contributed by atoms with Gasteiger partial charge in [-0.3, -0.25) is 4.79 Å². The van der Waals surface area contributed by atoms with E-state index in [1.807, 2.05) is 0 Å². The molecule has 0 aliphatic carbocycles. The Hall–Kier alpha value is -0.690. The standard InChI is InChI=1S/C24H49NO5/c1-2-3-4-5-6-7-8-9-10-11-12-13-14-15-24(26)30-23-22-29-21-20-28-19-18-27-17-16-25/h2-23,25H2,1H3. The number of hydrogen-bond acceptors (Lipinski definition) is 6. The van der Waals surface area contributed by atoms with Gasteiger partial charge in [0.15, 0.2) is 0 Å². The van der Waals surface area contributed by atoms with Crippen LogP contribution in [-0.4, -0.2) is 58.8 Å². The molecule has 0 fully saturated rings. The molecule has 0 amide bonds. The van der Waals surface area contributed by atoms with Gasteiger partial charge in [-0.15, -0.1) is 0 Å². The van der Waals surface area contributed by atoms with Crippen molar-refractivity contribution in [2.45, 2.75) is 96.8 Å². The van der Waals surface area contributed by atoms with Gasteiger partial charge in [0.25, 0.3) is 0 Å². The third-order valence-corrected chi connectivity index (χ3v) is 4.98. The number of rotatable bonds is 25. The number of nitrogens with two attached hydrogens (primary N) is 1. The third kappa shape index (κ3) is 25.3. The van der Waals surface area contributed by atoms with Crippen molar-refractivity contribution >= 4 is 5.97 Å².